The monoisotopic (exact) mass is 565 g/mol. The first-order valence-electron chi connectivity index (χ1n) is 12.2. The second-order valence-corrected chi connectivity index (χ2v) is 9.26. The van der Waals surface area contributed by atoms with E-state index in [0.29, 0.717) is 11.3 Å². The number of hydrogen-bond donors (Lipinski definition) is 2. The van der Waals surface area contributed by atoms with E-state index in [4.69, 9.17) is 21.1 Å². The Morgan fingerprint density at radius 2 is 1.77 bits per heavy atom. The third-order valence-electron chi connectivity index (χ3n) is 5.83. The number of aryl methyl sites for hydroxylation is 2. The molecule has 5 amide bonds. The molecule has 0 aromatic heterocycles. The van der Waals surface area contributed by atoms with Gasteiger partial charge in [0.2, 0.25) is 0 Å². The van der Waals surface area contributed by atoms with Crippen molar-refractivity contribution in [1.82, 2.24) is 5.32 Å². The third kappa shape index (κ3) is 6.29. The summed E-state index contributed by atoms with van der Waals surface area (Å²) >= 11 is 6.46. The summed E-state index contributed by atoms with van der Waals surface area (Å²) in [4.78, 5) is 51.3. The minimum Gasteiger partial charge on any atom is -0.490 e. The van der Waals surface area contributed by atoms with Gasteiger partial charge in [0.1, 0.15) is 11.4 Å². The number of anilines is 2. The molecule has 0 bridgehead atoms. The van der Waals surface area contributed by atoms with Gasteiger partial charge in [-0.15, -0.1) is 0 Å². The number of urea groups is 1. The van der Waals surface area contributed by atoms with Crippen LogP contribution >= 0.6 is 11.6 Å². The predicted octanol–water partition coefficient (Wildman–Crippen LogP) is 5.18. The van der Waals surface area contributed by atoms with Crippen molar-refractivity contribution in [3.05, 3.63) is 87.7 Å². The molecule has 1 heterocycles. The highest BCUT2D eigenvalue weighted by Crippen LogP contribution is 2.37. The van der Waals surface area contributed by atoms with Crippen LogP contribution in [0.5, 0.6) is 11.5 Å². The SMILES string of the molecule is CCOc1cc(/C=C2\C(=O)NC(=O)N(c3ccc(F)cc3)C2=O)cc(Cl)c1OCC(=O)Nc1ccc(C)cc1C. The molecule has 0 radical (unpaired) electrons. The van der Waals surface area contributed by atoms with Gasteiger partial charge in [0.05, 0.1) is 17.3 Å². The number of hydrogen-bond acceptors (Lipinski definition) is 6. The molecule has 40 heavy (non-hydrogen) atoms. The third-order valence-corrected chi connectivity index (χ3v) is 6.11. The molecule has 3 aromatic rings. The molecule has 1 saturated heterocycles. The molecule has 9 nitrogen and oxygen atoms in total. The number of amides is 5. The zero-order chi connectivity index (χ0) is 29.0. The van der Waals surface area contributed by atoms with Crippen LogP contribution in [0.4, 0.5) is 20.6 Å². The minimum atomic E-state index is -0.963. The lowest BCUT2D eigenvalue weighted by molar-refractivity contribution is -0.122. The average Bonchev–Trinajstić information content (AvgIpc) is 2.89. The van der Waals surface area contributed by atoms with E-state index >= 15 is 0 Å². The van der Waals surface area contributed by atoms with Gasteiger partial charge < -0.3 is 14.8 Å². The molecule has 0 atom stereocenters. The molecule has 2 N–H and O–H groups in total. The van der Waals surface area contributed by atoms with E-state index in [0.717, 1.165) is 28.2 Å². The van der Waals surface area contributed by atoms with E-state index in [2.05, 4.69) is 10.6 Å². The van der Waals surface area contributed by atoms with Crippen molar-refractivity contribution in [3.8, 4) is 11.5 Å². The van der Waals surface area contributed by atoms with E-state index in [1.165, 1.54) is 30.3 Å². The van der Waals surface area contributed by atoms with Gasteiger partial charge in [0.15, 0.2) is 18.1 Å². The number of benzene rings is 3. The van der Waals surface area contributed by atoms with E-state index in [1.54, 1.807) is 13.0 Å². The van der Waals surface area contributed by atoms with Crippen LogP contribution in [0.15, 0.2) is 60.2 Å². The first-order valence-corrected chi connectivity index (χ1v) is 12.6. The Balaban J connectivity index is 1.57. The first kappa shape index (κ1) is 28.3. The molecular weight excluding hydrogens is 541 g/mol. The van der Waals surface area contributed by atoms with Crippen molar-refractivity contribution in [2.75, 3.05) is 23.4 Å². The number of nitrogens with one attached hydrogen (secondary N) is 2. The second-order valence-electron chi connectivity index (χ2n) is 8.85. The molecule has 1 aliphatic heterocycles. The van der Waals surface area contributed by atoms with Crippen LogP contribution in [-0.2, 0) is 14.4 Å². The van der Waals surface area contributed by atoms with Crippen molar-refractivity contribution in [2.45, 2.75) is 20.8 Å². The molecule has 0 aliphatic carbocycles. The topological polar surface area (TPSA) is 114 Å². The standard InChI is InChI=1S/C29H25ClFN3O6/c1-4-39-24-14-18(12-21-27(36)33-29(38)34(28(21)37)20-8-6-19(31)7-9-20)13-22(30)26(24)40-15-25(35)32-23-10-5-16(2)11-17(23)3/h5-14H,4,15H2,1-3H3,(H,32,35)(H,33,36,38)/b21-12+. The number of nitrogens with zero attached hydrogens (tertiary/aromatic N) is 1. The van der Waals surface area contributed by atoms with Crippen LogP contribution in [0.1, 0.15) is 23.6 Å². The lowest BCUT2D eigenvalue weighted by Gasteiger charge is -2.26. The number of imide groups is 2. The summed E-state index contributed by atoms with van der Waals surface area (Å²) in [6, 6.07) is 12.2. The van der Waals surface area contributed by atoms with E-state index in [1.807, 2.05) is 26.0 Å². The molecule has 1 fully saturated rings. The van der Waals surface area contributed by atoms with E-state index in [9.17, 15) is 23.6 Å². The molecule has 1 aliphatic rings. The zero-order valence-electron chi connectivity index (χ0n) is 21.8. The summed E-state index contributed by atoms with van der Waals surface area (Å²) in [6.07, 6.45) is 1.24. The van der Waals surface area contributed by atoms with Crippen molar-refractivity contribution in [3.63, 3.8) is 0 Å². The normalized spacial score (nSPS) is 14.3. The highest BCUT2D eigenvalue weighted by atomic mass is 35.5. The van der Waals surface area contributed by atoms with Crippen molar-refractivity contribution >= 4 is 52.8 Å². The Bertz CT molecular complexity index is 1540. The molecule has 0 unspecified atom stereocenters. The number of barbiturate groups is 1. The predicted molar refractivity (Wildman–Crippen MR) is 148 cm³/mol. The number of ether oxygens (including phenoxy) is 2. The highest BCUT2D eigenvalue weighted by molar-refractivity contribution is 6.39. The average molecular weight is 566 g/mol. The molecule has 0 spiro atoms. The summed E-state index contributed by atoms with van der Waals surface area (Å²) in [5.74, 6) is -2.50. The fraction of sp³-hybridized carbons (Fsp3) is 0.172. The molecular formula is C29H25ClFN3O6. The number of rotatable bonds is 8. The van der Waals surface area contributed by atoms with Crippen molar-refractivity contribution in [1.29, 1.82) is 0 Å². The molecule has 4 rings (SSSR count). The Morgan fingerprint density at radius 1 is 1.05 bits per heavy atom. The lowest BCUT2D eigenvalue weighted by atomic mass is 10.1. The van der Waals surface area contributed by atoms with E-state index < -0.39 is 29.6 Å². The van der Waals surface area contributed by atoms with Gasteiger partial charge in [-0.2, -0.15) is 0 Å². The number of halogens is 2. The van der Waals surface area contributed by atoms with Gasteiger partial charge in [0, 0.05) is 5.69 Å². The van der Waals surface area contributed by atoms with Crippen LogP contribution in [0.25, 0.3) is 6.08 Å². The zero-order valence-corrected chi connectivity index (χ0v) is 22.6. The van der Waals surface area contributed by atoms with Crippen LogP contribution in [0.2, 0.25) is 5.02 Å². The molecule has 206 valence electrons. The summed E-state index contributed by atoms with van der Waals surface area (Å²) in [5.41, 5.74) is 2.65. The quantitative estimate of drug-likeness (QED) is 0.287. The number of carbonyl (C=O) groups excluding carboxylic acids is 4. The second kappa shape index (κ2) is 12.0. The Hall–Kier alpha value is -4.70. The maximum atomic E-state index is 13.3. The maximum absolute atomic E-state index is 13.3. The Morgan fingerprint density at radius 3 is 2.45 bits per heavy atom. The smallest absolute Gasteiger partial charge is 0.335 e. The van der Waals surface area contributed by atoms with Gasteiger partial charge >= 0.3 is 6.03 Å². The summed E-state index contributed by atoms with van der Waals surface area (Å²) in [6.45, 7) is 5.44. The molecule has 0 saturated carbocycles. The van der Waals surface area contributed by atoms with Gasteiger partial charge in [-0.1, -0.05) is 29.3 Å². The van der Waals surface area contributed by atoms with Crippen molar-refractivity contribution in [2.24, 2.45) is 0 Å². The van der Waals surface area contributed by atoms with Crippen LogP contribution in [0.3, 0.4) is 0 Å². The highest BCUT2D eigenvalue weighted by Gasteiger charge is 2.37. The van der Waals surface area contributed by atoms with Gasteiger partial charge in [-0.05, 0) is 80.4 Å². The van der Waals surface area contributed by atoms with Crippen LogP contribution in [-0.4, -0.2) is 37.0 Å². The fourth-order valence-electron chi connectivity index (χ4n) is 4.00. The largest absolute Gasteiger partial charge is 0.490 e. The minimum absolute atomic E-state index is 0.0623. The van der Waals surface area contributed by atoms with Crippen LogP contribution < -0.4 is 25.0 Å². The van der Waals surface area contributed by atoms with Crippen LogP contribution in [0, 0.1) is 19.7 Å². The summed E-state index contributed by atoms with van der Waals surface area (Å²) < 4.78 is 24.7. The van der Waals surface area contributed by atoms with E-state index in [-0.39, 0.29) is 41.0 Å². The Labute approximate surface area is 234 Å². The first-order chi connectivity index (χ1) is 19.1. The van der Waals surface area contributed by atoms with Gasteiger partial charge in [0.25, 0.3) is 17.7 Å². The van der Waals surface area contributed by atoms with Crippen molar-refractivity contribution < 1.29 is 33.0 Å². The summed E-state index contributed by atoms with van der Waals surface area (Å²) in [7, 11) is 0. The maximum Gasteiger partial charge on any atom is 0.335 e. The summed E-state index contributed by atoms with van der Waals surface area (Å²) in [5, 5.41) is 4.95. The number of carbonyl (C=O) groups is 4. The molecule has 3 aromatic carbocycles. The lowest BCUT2D eigenvalue weighted by Crippen LogP contribution is -2.54. The van der Waals surface area contributed by atoms with Gasteiger partial charge in [-0.25, -0.2) is 14.1 Å². The Kier molecular flexibility index (Phi) is 8.49. The van der Waals surface area contributed by atoms with Gasteiger partial charge in [-0.3, -0.25) is 19.7 Å². The fourth-order valence-corrected chi connectivity index (χ4v) is 4.27. The molecule has 11 heteroatoms.